The van der Waals surface area contributed by atoms with Gasteiger partial charge in [0.25, 0.3) is 0 Å². The van der Waals surface area contributed by atoms with E-state index in [2.05, 4.69) is 19.1 Å². The van der Waals surface area contributed by atoms with Crippen molar-refractivity contribution < 1.29 is 0 Å². The van der Waals surface area contributed by atoms with Crippen LogP contribution >= 0.6 is 0 Å². The van der Waals surface area contributed by atoms with Gasteiger partial charge in [0.15, 0.2) is 0 Å². The van der Waals surface area contributed by atoms with E-state index >= 15 is 0 Å². The third kappa shape index (κ3) is 5.46. The number of hydrogen-bond donors (Lipinski definition) is 0. The molecule has 0 spiro atoms. The number of unbranched alkanes of at least 4 members (excludes halogenated alkanes) is 5. The molecule has 0 unspecified atom stereocenters. The quantitative estimate of drug-likeness (QED) is 0.540. The molecule has 0 aliphatic rings. The Hall–Kier alpha value is -0.980. The van der Waals surface area contributed by atoms with E-state index in [4.69, 9.17) is 5.73 Å². The fourth-order valence-corrected chi connectivity index (χ4v) is 1.78. The van der Waals surface area contributed by atoms with Crippen LogP contribution in [0.1, 0.15) is 51.0 Å². The van der Waals surface area contributed by atoms with Gasteiger partial charge in [-0.25, -0.2) is 0 Å². The number of nitrogens with one attached hydrogen (secondary N) is 1. The summed E-state index contributed by atoms with van der Waals surface area (Å²) in [5.41, 5.74) is 9.37. The molecule has 1 aromatic carbocycles. The van der Waals surface area contributed by atoms with Gasteiger partial charge in [-0.05, 0) is 18.4 Å². The van der Waals surface area contributed by atoms with Crippen LogP contribution in [-0.4, -0.2) is 0 Å². The first-order valence-corrected chi connectivity index (χ1v) is 6.13. The van der Waals surface area contributed by atoms with Gasteiger partial charge in [-0.15, -0.1) is 5.69 Å². The standard InChI is InChI=1S/C14H22N/c1-2-3-4-5-6-7-8-13-9-11-14(15)12-10-13/h9-12,15H,2-8H2,1H3/q-1. The predicted molar refractivity (Wildman–Crippen MR) is 67.5 cm³/mol. The summed E-state index contributed by atoms with van der Waals surface area (Å²) < 4.78 is 0. The van der Waals surface area contributed by atoms with Crippen LogP contribution in [0.2, 0.25) is 0 Å². The molecular weight excluding hydrogens is 182 g/mol. The summed E-state index contributed by atoms with van der Waals surface area (Å²) >= 11 is 0. The zero-order valence-electron chi connectivity index (χ0n) is 9.76. The second-order valence-corrected chi connectivity index (χ2v) is 4.21. The lowest BCUT2D eigenvalue weighted by Gasteiger charge is -2.05. The maximum atomic E-state index is 7.38. The third-order valence-electron chi connectivity index (χ3n) is 2.77. The molecular formula is C14H22N-. The first-order chi connectivity index (χ1) is 7.33. The van der Waals surface area contributed by atoms with E-state index in [0.29, 0.717) is 5.69 Å². The van der Waals surface area contributed by atoms with E-state index in [1.165, 1.54) is 50.5 Å². The Balaban J connectivity index is 2.07. The van der Waals surface area contributed by atoms with Gasteiger partial charge in [-0.2, -0.15) is 0 Å². The van der Waals surface area contributed by atoms with E-state index in [0.717, 1.165) is 0 Å². The highest BCUT2D eigenvalue weighted by Gasteiger charge is 1.92. The molecule has 0 aromatic heterocycles. The largest absolute Gasteiger partial charge is 0.699 e. The molecule has 1 aromatic rings. The molecule has 84 valence electrons. The molecule has 0 saturated carbocycles. The second-order valence-electron chi connectivity index (χ2n) is 4.21. The van der Waals surface area contributed by atoms with Crippen LogP contribution in [0.5, 0.6) is 0 Å². The zero-order chi connectivity index (χ0) is 10.9. The van der Waals surface area contributed by atoms with Gasteiger partial charge in [-0.3, -0.25) is 0 Å². The number of hydrogen-bond acceptors (Lipinski definition) is 0. The normalized spacial score (nSPS) is 10.5. The van der Waals surface area contributed by atoms with Crippen molar-refractivity contribution in [3.8, 4) is 0 Å². The molecule has 0 atom stereocenters. The molecule has 1 rings (SSSR count). The molecule has 1 heteroatoms. The topological polar surface area (TPSA) is 23.8 Å². The van der Waals surface area contributed by atoms with Gasteiger partial charge >= 0.3 is 0 Å². The van der Waals surface area contributed by atoms with Crippen LogP contribution in [0.15, 0.2) is 24.3 Å². The van der Waals surface area contributed by atoms with Gasteiger partial charge in [0.1, 0.15) is 0 Å². The molecule has 0 aliphatic carbocycles. The van der Waals surface area contributed by atoms with Crippen LogP contribution in [-0.2, 0) is 6.42 Å². The van der Waals surface area contributed by atoms with Crippen molar-refractivity contribution in [3.63, 3.8) is 0 Å². The summed E-state index contributed by atoms with van der Waals surface area (Å²) in [6.07, 6.45) is 9.29. The zero-order valence-corrected chi connectivity index (χ0v) is 9.76. The van der Waals surface area contributed by atoms with E-state index in [1.807, 2.05) is 12.1 Å². The minimum absolute atomic E-state index is 0.613. The lowest BCUT2D eigenvalue weighted by Crippen LogP contribution is -1.85. The first-order valence-electron chi connectivity index (χ1n) is 6.13. The molecule has 0 bridgehead atoms. The van der Waals surface area contributed by atoms with Crippen molar-refractivity contribution in [2.75, 3.05) is 0 Å². The van der Waals surface area contributed by atoms with Crippen molar-refractivity contribution in [2.24, 2.45) is 0 Å². The fraction of sp³-hybridized carbons (Fsp3) is 0.571. The van der Waals surface area contributed by atoms with Gasteiger partial charge in [0.2, 0.25) is 0 Å². The average Bonchev–Trinajstić information content (AvgIpc) is 2.26. The van der Waals surface area contributed by atoms with Gasteiger partial charge in [-0.1, -0.05) is 63.3 Å². The highest BCUT2D eigenvalue weighted by atomic mass is 14.5. The Bertz CT molecular complexity index is 251. The average molecular weight is 204 g/mol. The minimum atomic E-state index is 0.613. The lowest BCUT2D eigenvalue weighted by molar-refractivity contribution is 0.607. The maximum absolute atomic E-state index is 7.38. The monoisotopic (exact) mass is 204 g/mol. The van der Waals surface area contributed by atoms with Gasteiger partial charge < -0.3 is 5.73 Å². The van der Waals surface area contributed by atoms with Crippen LogP contribution in [0, 0.1) is 0 Å². The SMILES string of the molecule is CCCCCCCCc1ccc([NH-])cc1. The number of aryl methyl sites for hydroxylation is 1. The Kier molecular flexibility index (Phi) is 5.91. The molecule has 1 N–H and O–H groups in total. The Morgan fingerprint density at radius 3 is 2.13 bits per heavy atom. The van der Waals surface area contributed by atoms with Crippen LogP contribution in [0.4, 0.5) is 5.69 Å². The van der Waals surface area contributed by atoms with Gasteiger partial charge in [0.05, 0.1) is 0 Å². The van der Waals surface area contributed by atoms with Crippen molar-refractivity contribution in [1.82, 2.24) is 0 Å². The maximum Gasteiger partial charge on any atom is -0.0279 e. The summed E-state index contributed by atoms with van der Waals surface area (Å²) in [5, 5.41) is 0. The highest BCUT2D eigenvalue weighted by Crippen LogP contribution is 2.14. The van der Waals surface area contributed by atoms with Gasteiger partial charge in [0, 0.05) is 0 Å². The summed E-state index contributed by atoms with van der Waals surface area (Å²) in [7, 11) is 0. The Labute approximate surface area is 93.7 Å². The van der Waals surface area contributed by atoms with Crippen molar-refractivity contribution >= 4 is 5.69 Å². The molecule has 0 amide bonds. The lowest BCUT2D eigenvalue weighted by atomic mass is 10.0. The molecule has 1 nitrogen and oxygen atoms in total. The molecule has 0 aliphatic heterocycles. The van der Waals surface area contributed by atoms with E-state index in [-0.39, 0.29) is 0 Å². The summed E-state index contributed by atoms with van der Waals surface area (Å²) in [6.45, 7) is 2.25. The summed E-state index contributed by atoms with van der Waals surface area (Å²) in [4.78, 5) is 0. The summed E-state index contributed by atoms with van der Waals surface area (Å²) in [5.74, 6) is 0. The second kappa shape index (κ2) is 7.33. The molecule has 0 saturated heterocycles. The van der Waals surface area contributed by atoms with Crippen LogP contribution in [0.3, 0.4) is 0 Å². The molecule has 15 heavy (non-hydrogen) atoms. The fourth-order valence-electron chi connectivity index (χ4n) is 1.78. The Morgan fingerprint density at radius 1 is 0.867 bits per heavy atom. The molecule has 0 heterocycles. The highest BCUT2D eigenvalue weighted by molar-refractivity contribution is 5.43. The molecule has 0 fully saturated rings. The summed E-state index contributed by atoms with van der Waals surface area (Å²) in [6, 6.07) is 7.92. The predicted octanol–water partition coefficient (Wildman–Crippen LogP) is 5.27. The molecule has 0 radical (unpaired) electrons. The minimum Gasteiger partial charge on any atom is -0.699 e. The third-order valence-corrected chi connectivity index (χ3v) is 2.77. The number of benzene rings is 1. The smallest absolute Gasteiger partial charge is 0.0279 e. The van der Waals surface area contributed by atoms with E-state index < -0.39 is 0 Å². The van der Waals surface area contributed by atoms with Crippen LogP contribution in [0.25, 0.3) is 5.73 Å². The van der Waals surface area contributed by atoms with Crippen molar-refractivity contribution in [2.45, 2.75) is 51.9 Å². The number of rotatable bonds is 7. The first kappa shape index (κ1) is 12.1. The van der Waals surface area contributed by atoms with Crippen molar-refractivity contribution in [3.05, 3.63) is 35.6 Å². The van der Waals surface area contributed by atoms with E-state index in [1.54, 1.807) is 0 Å². The Morgan fingerprint density at radius 2 is 1.47 bits per heavy atom. The van der Waals surface area contributed by atoms with Crippen molar-refractivity contribution in [1.29, 1.82) is 0 Å². The van der Waals surface area contributed by atoms with E-state index in [9.17, 15) is 0 Å². The van der Waals surface area contributed by atoms with Crippen LogP contribution < -0.4 is 0 Å².